The lowest BCUT2D eigenvalue weighted by Crippen LogP contribution is -2.58. The summed E-state index contributed by atoms with van der Waals surface area (Å²) in [7, 11) is 0. The molecule has 3 aliphatic rings. The number of benzene rings is 12. The Morgan fingerprint density at radius 2 is 0.435 bits per heavy atom. The van der Waals surface area contributed by atoms with E-state index in [1.165, 1.54) is 0 Å². The summed E-state index contributed by atoms with van der Waals surface area (Å²) < 4.78 is 48.9. The Kier molecular flexibility index (Phi) is 22.2. The molecule has 0 N–H and O–H groups in total. The minimum atomic E-state index is -1.27. The van der Waals surface area contributed by atoms with Crippen LogP contribution in [0.25, 0.3) is 87.6 Å². The molecule has 16 heteroatoms. The first kappa shape index (κ1) is 71.5. The lowest BCUT2D eigenvalue weighted by Gasteiger charge is -2.49. The lowest BCUT2D eigenvalue weighted by atomic mass is 9.53. The molecule has 0 saturated heterocycles. The van der Waals surface area contributed by atoms with Crippen LogP contribution in [0.3, 0.4) is 0 Å². The smallest absolute Gasteiger partial charge is 0.310 e. The van der Waals surface area contributed by atoms with Crippen LogP contribution in [0.1, 0.15) is 47.9 Å². The summed E-state index contributed by atoms with van der Waals surface area (Å²) in [5, 5.41) is 44.9. The third kappa shape index (κ3) is 16.7. The van der Waals surface area contributed by atoms with Crippen molar-refractivity contribution in [2.75, 3.05) is 52.9 Å². The van der Waals surface area contributed by atoms with Gasteiger partial charge in [0.2, 0.25) is 0 Å². The van der Waals surface area contributed by atoms with Gasteiger partial charge in [0.15, 0.2) is 0 Å². The number of carbonyl (C=O) groups excluding carboxylic acids is 4. The normalized spacial score (nSPS) is 16.1. The van der Waals surface area contributed by atoms with E-state index in [1.54, 1.807) is 60.7 Å². The molecule has 0 amide bonds. The van der Waals surface area contributed by atoms with Crippen molar-refractivity contribution < 1.29 is 57.1 Å². The molecule has 0 heterocycles. The van der Waals surface area contributed by atoms with E-state index in [0.717, 1.165) is 87.6 Å². The number of hydrogen-bond donors (Lipinski definition) is 0. The molecule has 0 radical (unpaired) electrons. The molecule has 532 valence electrons. The molecule has 15 rings (SSSR count). The average Bonchev–Trinajstić information content (AvgIpc) is 0.722. The Labute approximate surface area is 624 Å². The van der Waals surface area contributed by atoms with E-state index in [4.69, 9.17) is 37.9 Å². The predicted octanol–water partition coefficient (Wildman–Crippen LogP) is 18.1. The van der Waals surface area contributed by atoms with Gasteiger partial charge < -0.3 is 37.9 Å². The predicted molar refractivity (Wildman–Crippen MR) is 411 cm³/mol. The fraction of sp³-hybridized carbons (Fsp3) is 0.196. The molecule has 12 aromatic rings. The Morgan fingerprint density at radius 3 is 0.648 bits per heavy atom. The zero-order chi connectivity index (χ0) is 74.3. The van der Waals surface area contributed by atoms with E-state index >= 15 is 0 Å². The fourth-order valence-electron chi connectivity index (χ4n) is 14.3. The van der Waals surface area contributed by atoms with Gasteiger partial charge in [0.05, 0.1) is 123 Å². The number of allylic oxidation sites excluding steroid dienone is 2. The average molecular weight is 1430 g/mol. The van der Waals surface area contributed by atoms with Crippen LogP contribution in [0.4, 0.5) is 0 Å². The van der Waals surface area contributed by atoms with Crippen LogP contribution in [-0.2, 0) is 38.1 Å². The van der Waals surface area contributed by atoms with E-state index in [-0.39, 0.29) is 78.5 Å². The molecule has 0 aliphatic heterocycles. The van der Waals surface area contributed by atoms with Crippen molar-refractivity contribution in [1.82, 2.24) is 0 Å². The van der Waals surface area contributed by atoms with Gasteiger partial charge in [0.1, 0.15) is 23.0 Å². The summed E-state index contributed by atoms with van der Waals surface area (Å²) in [6.45, 7) is 0.339. The molecule has 1 fully saturated rings. The van der Waals surface area contributed by atoms with Crippen molar-refractivity contribution >= 4 is 67.0 Å². The second kappa shape index (κ2) is 33.5. The highest BCUT2D eigenvalue weighted by molar-refractivity contribution is 5.93. The van der Waals surface area contributed by atoms with Gasteiger partial charge in [0, 0.05) is 37.5 Å². The highest BCUT2D eigenvalue weighted by Gasteiger charge is 2.62. The van der Waals surface area contributed by atoms with Crippen molar-refractivity contribution in [3.05, 3.63) is 277 Å². The van der Waals surface area contributed by atoms with Crippen molar-refractivity contribution in [3.63, 3.8) is 0 Å². The molecule has 3 aliphatic carbocycles. The van der Waals surface area contributed by atoms with Crippen molar-refractivity contribution in [2.24, 2.45) is 35.5 Å². The van der Waals surface area contributed by atoms with Gasteiger partial charge in [-0.05, 0) is 209 Å². The van der Waals surface area contributed by atoms with Crippen molar-refractivity contribution in [2.45, 2.75) is 25.7 Å². The number of rotatable bonds is 28. The van der Waals surface area contributed by atoms with Crippen LogP contribution < -0.4 is 18.9 Å². The van der Waals surface area contributed by atoms with E-state index in [2.05, 4.69) is 48.5 Å². The maximum Gasteiger partial charge on any atom is 0.310 e. The molecule has 1 saturated carbocycles. The van der Waals surface area contributed by atoms with Gasteiger partial charge in [-0.2, -0.15) is 21.0 Å². The molecule has 12 aromatic carbocycles. The van der Waals surface area contributed by atoms with Crippen molar-refractivity contribution in [3.8, 4) is 91.8 Å². The van der Waals surface area contributed by atoms with Crippen LogP contribution >= 0.6 is 0 Å². The number of hydrogen-bond acceptors (Lipinski definition) is 16. The van der Waals surface area contributed by atoms with Gasteiger partial charge >= 0.3 is 23.9 Å². The van der Waals surface area contributed by atoms with Gasteiger partial charge in [-0.3, -0.25) is 19.2 Å². The fourth-order valence-corrected chi connectivity index (χ4v) is 14.3. The molecule has 4 atom stereocenters. The number of ether oxygens (including phenoxy) is 8. The highest BCUT2D eigenvalue weighted by Crippen LogP contribution is 2.53. The van der Waals surface area contributed by atoms with Gasteiger partial charge in [-0.25, -0.2) is 0 Å². The van der Waals surface area contributed by atoms with Crippen LogP contribution in [-0.4, -0.2) is 76.7 Å². The van der Waals surface area contributed by atoms with Crippen LogP contribution in [0.2, 0.25) is 0 Å². The lowest BCUT2D eigenvalue weighted by molar-refractivity contribution is -0.186. The van der Waals surface area contributed by atoms with E-state index in [0.29, 0.717) is 45.3 Å². The molecular formula is C92H72N4O12. The number of esters is 4. The molecule has 108 heavy (non-hydrogen) atoms. The molecule has 0 spiro atoms. The maximum atomic E-state index is 14.9. The number of nitriles is 4. The zero-order valence-electron chi connectivity index (χ0n) is 58.9. The topological polar surface area (TPSA) is 237 Å². The van der Waals surface area contributed by atoms with Crippen molar-refractivity contribution in [1.29, 1.82) is 21.0 Å². The molecular weight excluding hydrogens is 1350 g/mol. The van der Waals surface area contributed by atoms with Gasteiger partial charge in [-0.1, -0.05) is 133 Å². The molecule has 0 unspecified atom stereocenters. The summed E-state index contributed by atoms with van der Waals surface area (Å²) in [5.74, 6) is -7.76. The van der Waals surface area contributed by atoms with E-state index in [9.17, 15) is 40.2 Å². The first-order chi connectivity index (χ1) is 52.9. The molecule has 0 aromatic heterocycles. The Morgan fingerprint density at radius 1 is 0.241 bits per heavy atom. The van der Waals surface area contributed by atoms with Crippen LogP contribution in [0.5, 0.6) is 23.0 Å². The second-order valence-electron chi connectivity index (χ2n) is 26.8. The summed E-state index contributed by atoms with van der Waals surface area (Å²) >= 11 is 0. The number of fused-ring (bicyclic) bond motifs is 6. The Hall–Kier alpha value is -13.5. The monoisotopic (exact) mass is 1420 g/mol. The SMILES string of the molecule is N#Cc1ccc(-c2ccc3cc(OCCCOC(=O)[C@@H]4C5C=CC([C@H]4C(=O)OCCCOc4ccc6cc(-c7ccc(C#N)cc7)ccc6c4)[C@@H](C(=O)OCCCOc4ccc6cc(-c7ccc(C#N)cc7)ccc6c4)[C@@H]5C(=O)OCCCOc4ccc5cc(-c6ccc(C#N)cc6)ccc5c4)ccc3c2)cc1. The molecule has 16 nitrogen and oxygen atoms in total. The highest BCUT2D eigenvalue weighted by atomic mass is 16.6. The zero-order valence-corrected chi connectivity index (χ0v) is 58.9. The third-order valence-corrected chi connectivity index (χ3v) is 19.9. The van der Waals surface area contributed by atoms with E-state index in [1.807, 2.05) is 170 Å². The quantitative estimate of drug-likeness (QED) is 0.0192. The summed E-state index contributed by atoms with van der Waals surface area (Å²) in [5.41, 5.74) is 10.3. The standard InChI is InChI=1S/C92H72N4O12/c93-55-59-5-13-63(14-6-59)67-21-25-75-51-79(33-29-71(75)47-67)101-39-1-43-105-89(97)85-83-37-38-84(86(85)90(98)106-44-2-40-102-80-34-30-72-48-68(22-26-76(72)52-80)64-15-7-60(56-94)8-16-64)88(92(100)108-46-4-42-104-82-36-32-74-50-70(24-28-78(74)54-82)66-19-11-62(58-96)12-20-66)87(83)91(99)107-45-3-41-103-81-35-31-73-49-69(23-27-77(73)53-81)65-17-9-61(57-95)10-18-65/h5-38,47-54,83-88H,1-4,39-46H2/t83?,84?,85-,86-,87-,88-/m1/s1. The largest absolute Gasteiger partial charge is 0.493 e. The Bertz CT molecular complexity index is 4870. The first-order valence-corrected chi connectivity index (χ1v) is 36.0. The van der Waals surface area contributed by atoms with Gasteiger partial charge in [0.25, 0.3) is 0 Å². The number of nitrogens with zero attached hydrogens (tertiary/aromatic N) is 4. The summed E-state index contributed by atoms with van der Waals surface area (Å²) in [6.07, 6.45) is 4.52. The van der Waals surface area contributed by atoms with E-state index < -0.39 is 59.4 Å². The number of carbonyl (C=O) groups is 4. The van der Waals surface area contributed by atoms with Gasteiger partial charge in [-0.15, -0.1) is 0 Å². The minimum absolute atomic E-state index is 0.0936. The van der Waals surface area contributed by atoms with Crippen LogP contribution in [0, 0.1) is 80.8 Å². The minimum Gasteiger partial charge on any atom is -0.493 e. The molecule has 2 bridgehead atoms. The summed E-state index contributed by atoms with van der Waals surface area (Å²) in [6, 6.07) is 85.8. The Balaban J connectivity index is 0.655. The maximum absolute atomic E-state index is 14.9. The first-order valence-electron chi connectivity index (χ1n) is 36.0. The third-order valence-electron chi connectivity index (χ3n) is 19.9. The van der Waals surface area contributed by atoms with Crippen LogP contribution in [0.15, 0.2) is 255 Å². The summed E-state index contributed by atoms with van der Waals surface area (Å²) in [4.78, 5) is 59.6. The second-order valence-corrected chi connectivity index (χ2v) is 26.8.